The maximum absolute atomic E-state index is 12.7. The van der Waals surface area contributed by atoms with E-state index >= 15 is 0 Å². The molecule has 0 bridgehead atoms. The normalized spacial score (nSPS) is 11.3. The number of alkyl halides is 3. The molecule has 0 aliphatic heterocycles. The molecule has 128 valence electrons. The van der Waals surface area contributed by atoms with Gasteiger partial charge in [0.1, 0.15) is 5.69 Å². The molecule has 0 heterocycles. The lowest BCUT2D eigenvalue weighted by atomic mass is 10.1. The van der Waals surface area contributed by atoms with Crippen molar-refractivity contribution in [3.05, 3.63) is 63.7 Å². The van der Waals surface area contributed by atoms with Crippen LogP contribution in [0.4, 0.5) is 30.2 Å². The van der Waals surface area contributed by atoms with Crippen molar-refractivity contribution in [3.63, 3.8) is 0 Å². The van der Waals surface area contributed by atoms with Gasteiger partial charge in [0.05, 0.1) is 10.5 Å². The Morgan fingerprint density at radius 2 is 1.79 bits per heavy atom. The molecule has 0 spiro atoms. The van der Waals surface area contributed by atoms with Gasteiger partial charge in [0.15, 0.2) is 0 Å². The zero-order valence-electron chi connectivity index (χ0n) is 13.1. The van der Waals surface area contributed by atoms with Crippen molar-refractivity contribution in [2.75, 3.05) is 5.32 Å². The first-order valence-corrected chi connectivity index (χ1v) is 7.53. The van der Waals surface area contributed by atoms with Crippen LogP contribution in [-0.2, 0) is 12.6 Å². The Morgan fingerprint density at radius 1 is 1.12 bits per heavy atom. The molecule has 2 aromatic carbocycles. The summed E-state index contributed by atoms with van der Waals surface area (Å²) in [7, 11) is 0. The fraction of sp³-hybridized carbons (Fsp3) is 0.294. The van der Waals surface area contributed by atoms with Gasteiger partial charge in [-0.3, -0.25) is 10.1 Å². The van der Waals surface area contributed by atoms with E-state index < -0.39 is 22.4 Å². The number of benzene rings is 2. The van der Waals surface area contributed by atoms with Crippen LogP contribution in [0.2, 0.25) is 0 Å². The number of nitro groups is 1. The molecule has 24 heavy (non-hydrogen) atoms. The standard InChI is InChI=1S/C17H17F3N2O2/c1-2-3-4-12-5-8-14(9-6-12)21-15-10-7-13(17(18,19)20)11-16(15)22(23)24/h5-11,21H,2-4H2,1H3. The van der Waals surface area contributed by atoms with Crippen molar-refractivity contribution in [1.29, 1.82) is 0 Å². The Labute approximate surface area is 137 Å². The van der Waals surface area contributed by atoms with E-state index in [2.05, 4.69) is 12.2 Å². The van der Waals surface area contributed by atoms with Crippen LogP contribution < -0.4 is 5.32 Å². The smallest absolute Gasteiger partial charge is 0.350 e. The molecule has 0 fully saturated rings. The van der Waals surface area contributed by atoms with Crippen molar-refractivity contribution in [2.45, 2.75) is 32.4 Å². The molecule has 1 N–H and O–H groups in total. The molecule has 0 saturated carbocycles. The average Bonchev–Trinajstić information content (AvgIpc) is 2.53. The molecule has 0 saturated heterocycles. The van der Waals surface area contributed by atoms with Crippen LogP contribution in [0.1, 0.15) is 30.9 Å². The number of nitro benzene ring substituents is 1. The lowest BCUT2D eigenvalue weighted by Crippen LogP contribution is -2.06. The van der Waals surface area contributed by atoms with E-state index in [9.17, 15) is 23.3 Å². The first-order chi connectivity index (χ1) is 11.3. The van der Waals surface area contributed by atoms with Gasteiger partial charge in [0, 0.05) is 11.8 Å². The van der Waals surface area contributed by atoms with Gasteiger partial charge in [-0.2, -0.15) is 13.2 Å². The number of anilines is 2. The van der Waals surface area contributed by atoms with E-state index in [1.807, 2.05) is 12.1 Å². The van der Waals surface area contributed by atoms with Crippen molar-refractivity contribution < 1.29 is 18.1 Å². The molecule has 2 rings (SSSR count). The first kappa shape index (κ1) is 17.8. The number of nitrogens with one attached hydrogen (secondary N) is 1. The summed E-state index contributed by atoms with van der Waals surface area (Å²) in [5.74, 6) is 0. The summed E-state index contributed by atoms with van der Waals surface area (Å²) in [5, 5.41) is 13.9. The lowest BCUT2D eigenvalue weighted by molar-refractivity contribution is -0.384. The molecular weight excluding hydrogens is 321 g/mol. The van der Waals surface area contributed by atoms with E-state index in [0.717, 1.165) is 37.0 Å². The minimum absolute atomic E-state index is 0.0225. The predicted molar refractivity (Wildman–Crippen MR) is 86.4 cm³/mol. The Bertz CT molecular complexity index is 713. The third-order valence-electron chi connectivity index (χ3n) is 3.57. The molecule has 0 aliphatic carbocycles. The zero-order valence-corrected chi connectivity index (χ0v) is 13.1. The molecule has 0 radical (unpaired) electrons. The van der Waals surface area contributed by atoms with Gasteiger partial charge in [0.2, 0.25) is 0 Å². The third kappa shape index (κ3) is 4.47. The van der Waals surface area contributed by atoms with E-state index in [1.165, 1.54) is 0 Å². The second kappa shape index (κ2) is 7.33. The summed E-state index contributed by atoms with van der Waals surface area (Å²) in [6, 6.07) is 9.75. The van der Waals surface area contributed by atoms with Gasteiger partial charge in [-0.1, -0.05) is 25.5 Å². The molecular formula is C17H17F3N2O2. The van der Waals surface area contributed by atoms with Gasteiger partial charge in [-0.05, 0) is 42.7 Å². The summed E-state index contributed by atoms with van der Waals surface area (Å²) in [6.45, 7) is 2.10. The summed E-state index contributed by atoms with van der Waals surface area (Å²) < 4.78 is 38.1. The number of halogens is 3. The number of hydrogen-bond acceptors (Lipinski definition) is 3. The largest absolute Gasteiger partial charge is 0.416 e. The minimum Gasteiger partial charge on any atom is -0.350 e. The predicted octanol–water partition coefficient (Wildman–Crippen LogP) is 5.70. The SMILES string of the molecule is CCCCc1ccc(Nc2ccc(C(F)(F)F)cc2[N+](=O)[O-])cc1. The van der Waals surface area contributed by atoms with Crippen molar-refractivity contribution in [3.8, 4) is 0 Å². The molecule has 4 nitrogen and oxygen atoms in total. The molecule has 7 heteroatoms. The molecule has 0 aromatic heterocycles. The fourth-order valence-electron chi connectivity index (χ4n) is 2.26. The average molecular weight is 338 g/mol. The van der Waals surface area contributed by atoms with Crippen LogP contribution in [0, 0.1) is 10.1 Å². The van der Waals surface area contributed by atoms with E-state index in [0.29, 0.717) is 11.8 Å². The van der Waals surface area contributed by atoms with Crippen LogP contribution in [-0.4, -0.2) is 4.92 Å². The monoisotopic (exact) mass is 338 g/mol. The molecule has 0 atom stereocenters. The van der Waals surface area contributed by atoms with Crippen LogP contribution in [0.5, 0.6) is 0 Å². The van der Waals surface area contributed by atoms with Gasteiger partial charge >= 0.3 is 6.18 Å². The van der Waals surface area contributed by atoms with Crippen LogP contribution in [0.3, 0.4) is 0 Å². The highest BCUT2D eigenvalue weighted by atomic mass is 19.4. The van der Waals surface area contributed by atoms with E-state index in [-0.39, 0.29) is 5.69 Å². The molecule has 0 aliphatic rings. The maximum atomic E-state index is 12.7. The molecule has 2 aromatic rings. The van der Waals surface area contributed by atoms with Crippen molar-refractivity contribution >= 4 is 17.1 Å². The van der Waals surface area contributed by atoms with Gasteiger partial charge in [0.25, 0.3) is 5.69 Å². The Balaban J connectivity index is 2.24. The highest BCUT2D eigenvalue weighted by Gasteiger charge is 2.33. The summed E-state index contributed by atoms with van der Waals surface area (Å²) in [4.78, 5) is 10.2. The first-order valence-electron chi connectivity index (χ1n) is 7.53. The Kier molecular flexibility index (Phi) is 5.43. The van der Waals surface area contributed by atoms with Gasteiger partial charge in [-0.25, -0.2) is 0 Å². The number of unbranched alkanes of at least 4 members (excludes halogenated alkanes) is 1. The highest BCUT2D eigenvalue weighted by Crippen LogP contribution is 2.36. The van der Waals surface area contributed by atoms with Crippen molar-refractivity contribution in [2.24, 2.45) is 0 Å². The summed E-state index contributed by atoms with van der Waals surface area (Å²) >= 11 is 0. The number of aryl methyl sites for hydroxylation is 1. The number of rotatable bonds is 6. The van der Waals surface area contributed by atoms with E-state index in [4.69, 9.17) is 0 Å². The third-order valence-corrected chi connectivity index (χ3v) is 3.57. The van der Waals surface area contributed by atoms with Gasteiger partial charge < -0.3 is 5.32 Å². The number of nitrogens with zero attached hydrogens (tertiary/aromatic N) is 1. The van der Waals surface area contributed by atoms with Crippen molar-refractivity contribution in [1.82, 2.24) is 0 Å². The number of hydrogen-bond donors (Lipinski definition) is 1. The van der Waals surface area contributed by atoms with Crippen LogP contribution in [0.15, 0.2) is 42.5 Å². The lowest BCUT2D eigenvalue weighted by Gasteiger charge is -2.11. The topological polar surface area (TPSA) is 55.2 Å². The highest BCUT2D eigenvalue weighted by molar-refractivity contribution is 5.70. The van der Waals surface area contributed by atoms with Crippen LogP contribution >= 0.6 is 0 Å². The fourth-order valence-corrected chi connectivity index (χ4v) is 2.26. The Hall–Kier alpha value is -2.57. The minimum atomic E-state index is -4.62. The second-order valence-electron chi connectivity index (χ2n) is 5.41. The molecule has 0 amide bonds. The maximum Gasteiger partial charge on any atom is 0.416 e. The summed E-state index contributed by atoms with van der Waals surface area (Å²) in [6.07, 6.45) is -1.53. The quantitative estimate of drug-likeness (QED) is 0.543. The van der Waals surface area contributed by atoms with Gasteiger partial charge in [-0.15, -0.1) is 0 Å². The summed E-state index contributed by atoms with van der Waals surface area (Å²) in [5.41, 5.74) is 0.0892. The van der Waals surface area contributed by atoms with E-state index in [1.54, 1.807) is 12.1 Å². The zero-order chi connectivity index (χ0) is 17.7. The Morgan fingerprint density at radius 3 is 2.33 bits per heavy atom. The second-order valence-corrected chi connectivity index (χ2v) is 5.41. The van der Waals surface area contributed by atoms with Crippen LogP contribution in [0.25, 0.3) is 0 Å². The molecule has 0 unspecified atom stereocenters.